The van der Waals surface area contributed by atoms with Crippen LogP contribution in [0.4, 0.5) is 10.8 Å². The molecule has 0 bridgehead atoms. The van der Waals surface area contributed by atoms with Gasteiger partial charge in [-0.2, -0.15) is 0 Å². The van der Waals surface area contributed by atoms with E-state index in [1.807, 2.05) is 38.1 Å². The number of halogens is 1. The topological polar surface area (TPSA) is 101 Å². The monoisotopic (exact) mass is 540 g/mol. The first-order valence-corrected chi connectivity index (χ1v) is 13.6. The molecule has 4 aromatic rings. The van der Waals surface area contributed by atoms with Crippen LogP contribution in [0, 0.1) is 13.8 Å². The standard InChI is InChI=1S/C25H21ClN4O4S2/c1-15-3-7-17(8-4-15)24-28-29-25(35-24)27-23(31)22-14-30(20-13-18(26)9-12-21(20)34-22)36(32,33)19-10-5-16(2)6-11-19/h3-13,22H,14H2,1-2H3,(H,27,29,31)/t22-/m1/s1. The lowest BCUT2D eigenvalue weighted by atomic mass is 10.2. The Labute approximate surface area is 217 Å². The van der Waals surface area contributed by atoms with Crippen molar-refractivity contribution in [2.45, 2.75) is 24.8 Å². The van der Waals surface area contributed by atoms with Gasteiger partial charge >= 0.3 is 0 Å². The molecular formula is C25H21ClN4O4S2. The van der Waals surface area contributed by atoms with Crippen LogP contribution in [-0.2, 0) is 14.8 Å². The molecule has 0 saturated heterocycles. The van der Waals surface area contributed by atoms with Gasteiger partial charge in [0.1, 0.15) is 10.8 Å². The number of amides is 1. The highest BCUT2D eigenvalue weighted by molar-refractivity contribution is 7.92. The zero-order valence-electron chi connectivity index (χ0n) is 19.3. The highest BCUT2D eigenvalue weighted by Gasteiger charge is 2.38. The van der Waals surface area contributed by atoms with Crippen molar-refractivity contribution >= 4 is 49.7 Å². The van der Waals surface area contributed by atoms with Gasteiger partial charge in [0, 0.05) is 10.6 Å². The van der Waals surface area contributed by atoms with Crippen LogP contribution in [0.3, 0.4) is 0 Å². The van der Waals surface area contributed by atoms with Gasteiger partial charge in [0.05, 0.1) is 17.1 Å². The number of benzene rings is 3. The summed E-state index contributed by atoms with van der Waals surface area (Å²) in [5, 5.41) is 12.2. The van der Waals surface area contributed by atoms with Crippen LogP contribution in [0.15, 0.2) is 71.6 Å². The number of ether oxygens (including phenoxy) is 1. The highest BCUT2D eigenvalue weighted by atomic mass is 35.5. The third kappa shape index (κ3) is 4.79. The largest absolute Gasteiger partial charge is 0.476 e. The average molecular weight is 541 g/mol. The Balaban J connectivity index is 1.42. The molecule has 1 atom stereocenters. The molecule has 0 unspecified atom stereocenters. The normalized spacial score (nSPS) is 15.2. The van der Waals surface area contributed by atoms with Crippen molar-refractivity contribution in [2.24, 2.45) is 0 Å². The number of hydrogen-bond acceptors (Lipinski definition) is 7. The number of nitrogens with one attached hydrogen (secondary N) is 1. The summed E-state index contributed by atoms with van der Waals surface area (Å²) in [6.07, 6.45) is -1.12. The molecule has 0 saturated carbocycles. The van der Waals surface area contributed by atoms with Gasteiger partial charge in [-0.1, -0.05) is 70.5 Å². The van der Waals surface area contributed by atoms with Crippen molar-refractivity contribution in [3.05, 3.63) is 82.9 Å². The summed E-state index contributed by atoms with van der Waals surface area (Å²) in [4.78, 5) is 13.2. The van der Waals surface area contributed by atoms with E-state index in [1.54, 1.807) is 24.3 Å². The number of aryl methyl sites for hydroxylation is 2. The molecule has 5 rings (SSSR count). The Bertz CT molecular complexity index is 1540. The van der Waals surface area contributed by atoms with E-state index < -0.39 is 22.0 Å². The number of aromatic nitrogens is 2. The number of rotatable bonds is 5. The lowest BCUT2D eigenvalue weighted by Gasteiger charge is -2.34. The summed E-state index contributed by atoms with van der Waals surface area (Å²) < 4.78 is 34.2. The molecule has 8 nitrogen and oxygen atoms in total. The van der Waals surface area contributed by atoms with Crippen molar-refractivity contribution < 1.29 is 17.9 Å². The number of sulfonamides is 1. The second-order valence-electron chi connectivity index (χ2n) is 8.34. The zero-order valence-corrected chi connectivity index (χ0v) is 21.7. The second-order valence-corrected chi connectivity index (χ2v) is 11.6. The van der Waals surface area contributed by atoms with E-state index in [-0.39, 0.29) is 28.0 Å². The van der Waals surface area contributed by atoms with Gasteiger partial charge in [0.15, 0.2) is 6.10 Å². The minimum Gasteiger partial charge on any atom is -0.476 e. The molecule has 0 spiro atoms. The van der Waals surface area contributed by atoms with Crippen LogP contribution in [0.1, 0.15) is 11.1 Å². The molecule has 0 radical (unpaired) electrons. The number of carbonyl (C=O) groups excluding carboxylic acids is 1. The van der Waals surface area contributed by atoms with Gasteiger partial charge in [-0.25, -0.2) is 8.42 Å². The van der Waals surface area contributed by atoms with Gasteiger partial charge in [-0.05, 0) is 44.2 Å². The van der Waals surface area contributed by atoms with Crippen molar-refractivity contribution in [1.29, 1.82) is 0 Å². The third-order valence-corrected chi connectivity index (χ3v) is 8.56. The van der Waals surface area contributed by atoms with E-state index in [2.05, 4.69) is 15.5 Å². The highest BCUT2D eigenvalue weighted by Crippen LogP contribution is 2.39. The fraction of sp³-hybridized carbons (Fsp3) is 0.160. The summed E-state index contributed by atoms with van der Waals surface area (Å²) in [6, 6.07) is 19.0. The first-order valence-electron chi connectivity index (χ1n) is 11.0. The molecule has 1 amide bonds. The maximum absolute atomic E-state index is 13.6. The fourth-order valence-corrected chi connectivity index (χ4v) is 6.08. The minimum atomic E-state index is -3.99. The molecule has 1 aliphatic heterocycles. The number of fused-ring (bicyclic) bond motifs is 1. The van der Waals surface area contributed by atoms with Crippen molar-refractivity contribution in [3.8, 4) is 16.3 Å². The molecule has 2 heterocycles. The van der Waals surface area contributed by atoms with Crippen LogP contribution < -0.4 is 14.4 Å². The van der Waals surface area contributed by atoms with E-state index in [1.165, 1.54) is 29.5 Å². The Kier molecular flexibility index (Phi) is 6.42. The van der Waals surface area contributed by atoms with E-state index in [0.29, 0.717) is 10.0 Å². The molecule has 184 valence electrons. The predicted octanol–water partition coefficient (Wildman–Crippen LogP) is 5.07. The van der Waals surface area contributed by atoms with E-state index in [0.717, 1.165) is 21.0 Å². The molecule has 1 aliphatic rings. The minimum absolute atomic E-state index is 0.104. The summed E-state index contributed by atoms with van der Waals surface area (Å²) in [5.41, 5.74) is 3.20. The average Bonchev–Trinajstić information content (AvgIpc) is 3.32. The fourth-order valence-electron chi connectivity index (χ4n) is 3.70. The molecule has 1 aromatic heterocycles. The van der Waals surface area contributed by atoms with Crippen molar-refractivity contribution in [1.82, 2.24) is 10.2 Å². The van der Waals surface area contributed by atoms with Gasteiger partial charge in [0.2, 0.25) is 5.13 Å². The Hall–Kier alpha value is -3.47. The van der Waals surface area contributed by atoms with Gasteiger partial charge < -0.3 is 4.74 Å². The molecule has 0 aliphatic carbocycles. The van der Waals surface area contributed by atoms with Crippen LogP contribution >= 0.6 is 22.9 Å². The van der Waals surface area contributed by atoms with Crippen LogP contribution in [0.25, 0.3) is 10.6 Å². The summed E-state index contributed by atoms with van der Waals surface area (Å²) >= 11 is 7.37. The summed E-state index contributed by atoms with van der Waals surface area (Å²) in [6.45, 7) is 3.63. The van der Waals surface area contributed by atoms with E-state index in [4.69, 9.17) is 16.3 Å². The van der Waals surface area contributed by atoms with Gasteiger partial charge in [-0.3, -0.25) is 14.4 Å². The molecule has 36 heavy (non-hydrogen) atoms. The maximum atomic E-state index is 13.6. The lowest BCUT2D eigenvalue weighted by molar-refractivity contribution is -0.122. The number of hydrogen-bond donors (Lipinski definition) is 1. The summed E-state index contributed by atoms with van der Waals surface area (Å²) in [7, 11) is -3.99. The first-order chi connectivity index (χ1) is 17.2. The Morgan fingerprint density at radius 3 is 2.39 bits per heavy atom. The number of nitrogens with zero attached hydrogens (tertiary/aromatic N) is 3. The van der Waals surface area contributed by atoms with Gasteiger partial charge in [-0.15, -0.1) is 10.2 Å². The summed E-state index contributed by atoms with van der Waals surface area (Å²) in [5.74, 6) is -0.301. The van der Waals surface area contributed by atoms with Crippen LogP contribution in [0.2, 0.25) is 5.02 Å². The molecule has 1 N–H and O–H groups in total. The molecule has 3 aromatic carbocycles. The SMILES string of the molecule is Cc1ccc(-c2nnc(NC(=O)[C@H]3CN(S(=O)(=O)c4ccc(C)cc4)c4cc(Cl)ccc4O3)s2)cc1. The predicted molar refractivity (Wildman–Crippen MR) is 140 cm³/mol. The quantitative estimate of drug-likeness (QED) is 0.379. The zero-order chi connectivity index (χ0) is 25.4. The lowest BCUT2D eigenvalue weighted by Crippen LogP contribution is -2.48. The van der Waals surface area contributed by atoms with Crippen LogP contribution in [-0.4, -0.2) is 37.2 Å². The van der Waals surface area contributed by atoms with Crippen molar-refractivity contribution in [2.75, 3.05) is 16.2 Å². The van der Waals surface area contributed by atoms with Crippen molar-refractivity contribution in [3.63, 3.8) is 0 Å². The third-order valence-electron chi connectivity index (χ3n) is 5.65. The van der Waals surface area contributed by atoms with E-state index in [9.17, 15) is 13.2 Å². The Morgan fingerprint density at radius 2 is 1.69 bits per heavy atom. The molecule has 11 heteroatoms. The molecule has 0 fully saturated rings. The second kappa shape index (κ2) is 9.53. The smallest absolute Gasteiger partial charge is 0.269 e. The maximum Gasteiger partial charge on any atom is 0.269 e. The van der Waals surface area contributed by atoms with Gasteiger partial charge in [0.25, 0.3) is 15.9 Å². The Morgan fingerprint density at radius 1 is 1.03 bits per heavy atom. The number of anilines is 2. The molecular weight excluding hydrogens is 520 g/mol. The first kappa shape index (κ1) is 24.2. The van der Waals surface area contributed by atoms with E-state index >= 15 is 0 Å². The number of carbonyl (C=O) groups is 1. The van der Waals surface area contributed by atoms with Crippen LogP contribution in [0.5, 0.6) is 5.75 Å².